The van der Waals surface area contributed by atoms with E-state index in [-0.39, 0.29) is 6.10 Å². The molecule has 0 bridgehead atoms. The van der Waals surface area contributed by atoms with Crippen molar-refractivity contribution in [3.05, 3.63) is 72.0 Å². The van der Waals surface area contributed by atoms with Gasteiger partial charge in [-0.15, -0.1) is 0 Å². The first-order valence-electron chi connectivity index (χ1n) is 7.33. The molecule has 1 aliphatic heterocycles. The summed E-state index contributed by atoms with van der Waals surface area (Å²) in [7, 11) is 0. The number of hydrogen-bond acceptors (Lipinski definition) is 5. The molecule has 0 aliphatic carbocycles. The van der Waals surface area contributed by atoms with E-state index in [0.717, 1.165) is 11.1 Å². The van der Waals surface area contributed by atoms with Gasteiger partial charge in [-0.05, 0) is 23.3 Å². The number of hydrogen-bond donors (Lipinski definition) is 2. The molecule has 1 aliphatic rings. The summed E-state index contributed by atoms with van der Waals surface area (Å²) < 4.78 is 5.67. The fourth-order valence-corrected chi connectivity index (χ4v) is 2.69. The molecule has 3 heterocycles. The zero-order chi connectivity index (χ0) is 15.6. The number of allylic oxidation sites excluding steroid dienone is 2. The fraction of sp³-hybridized carbons (Fsp3) is 0.118. The molecule has 114 valence electrons. The molecular weight excluding hydrogens is 290 g/mol. The Kier molecular flexibility index (Phi) is 3.27. The predicted molar refractivity (Wildman–Crippen MR) is 87.5 cm³/mol. The second kappa shape index (κ2) is 5.57. The molecule has 3 N–H and O–H groups in total. The lowest BCUT2D eigenvalue weighted by Crippen LogP contribution is -2.07. The molecule has 0 saturated heterocycles. The van der Waals surface area contributed by atoms with Crippen LogP contribution >= 0.6 is 0 Å². The quantitative estimate of drug-likeness (QED) is 0.776. The van der Waals surface area contributed by atoms with Crippen LogP contribution in [0.3, 0.4) is 0 Å². The molecule has 3 aromatic rings. The Morgan fingerprint density at radius 1 is 1.17 bits per heavy atom. The molecule has 0 fully saturated rings. The molecule has 6 nitrogen and oxygen atoms in total. The highest BCUT2D eigenvalue weighted by Crippen LogP contribution is 2.27. The van der Waals surface area contributed by atoms with Crippen molar-refractivity contribution in [2.24, 2.45) is 0 Å². The van der Waals surface area contributed by atoms with E-state index in [0.29, 0.717) is 29.2 Å². The van der Waals surface area contributed by atoms with Crippen LogP contribution in [-0.2, 0) is 11.2 Å². The van der Waals surface area contributed by atoms with E-state index in [1.807, 2.05) is 30.4 Å². The van der Waals surface area contributed by atoms with Gasteiger partial charge < -0.3 is 15.5 Å². The van der Waals surface area contributed by atoms with Crippen LogP contribution in [0.4, 0.5) is 5.82 Å². The lowest BCUT2D eigenvalue weighted by molar-refractivity contribution is 0.185. The molecule has 2 aromatic heterocycles. The van der Waals surface area contributed by atoms with Crippen molar-refractivity contribution in [2.45, 2.75) is 12.5 Å². The van der Waals surface area contributed by atoms with Gasteiger partial charge in [-0.3, -0.25) is 0 Å². The SMILES string of the molecule is Nc1nc(Cc2ccccc2C2C=CC=CO2)nc2nc[nH]c12. The third-order valence-corrected chi connectivity index (χ3v) is 3.77. The largest absolute Gasteiger partial charge is 0.489 e. The van der Waals surface area contributed by atoms with Gasteiger partial charge in [-0.25, -0.2) is 15.0 Å². The topological polar surface area (TPSA) is 89.7 Å². The van der Waals surface area contributed by atoms with E-state index in [9.17, 15) is 0 Å². The number of nitrogens with two attached hydrogens (primary N) is 1. The van der Waals surface area contributed by atoms with Gasteiger partial charge in [-0.1, -0.05) is 30.3 Å². The zero-order valence-corrected chi connectivity index (χ0v) is 12.3. The van der Waals surface area contributed by atoms with Crippen LogP contribution in [0.25, 0.3) is 11.2 Å². The van der Waals surface area contributed by atoms with Crippen LogP contribution in [0.15, 0.2) is 55.1 Å². The summed E-state index contributed by atoms with van der Waals surface area (Å²) in [5, 5.41) is 0. The van der Waals surface area contributed by atoms with E-state index < -0.39 is 0 Å². The van der Waals surface area contributed by atoms with E-state index in [1.54, 1.807) is 12.6 Å². The number of aromatic nitrogens is 4. The maximum atomic E-state index is 5.97. The van der Waals surface area contributed by atoms with Crippen molar-refractivity contribution in [3.8, 4) is 0 Å². The first-order chi connectivity index (χ1) is 11.3. The number of nitrogen functional groups attached to an aromatic ring is 1. The Morgan fingerprint density at radius 3 is 2.96 bits per heavy atom. The van der Waals surface area contributed by atoms with Gasteiger partial charge in [0.05, 0.1) is 12.6 Å². The van der Waals surface area contributed by atoms with Crippen LogP contribution in [0, 0.1) is 0 Å². The number of fused-ring (bicyclic) bond motifs is 1. The minimum Gasteiger partial charge on any atom is -0.489 e. The third kappa shape index (κ3) is 2.55. The van der Waals surface area contributed by atoms with E-state index in [2.05, 4.69) is 32.1 Å². The van der Waals surface area contributed by atoms with Gasteiger partial charge in [-0.2, -0.15) is 0 Å². The summed E-state index contributed by atoms with van der Waals surface area (Å²) in [5.74, 6) is 1.06. The standard InChI is InChI=1S/C17H15N5O/c18-16-15-17(20-10-19-15)22-14(21-16)9-11-5-1-2-6-12(11)13-7-3-4-8-23-13/h1-8,10,13H,9H2,(H3,18,19,20,21,22). The Balaban J connectivity index is 1.70. The molecular formula is C17H15N5O. The molecule has 1 aromatic carbocycles. The average Bonchev–Trinajstić information content (AvgIpc) is 3.05. The lowest BCUT2D eigenvalue weighted by atomic mass is 9.98. The number of ether oxygens (including phenoxy) is 1. The smallest absolute Gasteiger partial charge is 0.183 e. The number of anilines is 1. The van der Waals surface area contributed by atoms with Crippen molar-refractivity contribution in [1.82, 2.24) is 19.9 Å². The molecule has 0 amide bonds. The summed E-state index contributed by atoms with van der Waals surface area (Å²) in [6, 6.07) is 8.11. The number of H-pyrrole nitrogens is 1. The van der Waals surface area contributed by atoms with Crippen molar-refractivity contribution < 1.29 is 4.74 Å². The van der Waals surface area contributed by atoms with E-state index in [1.165, 1.54) is 0 Å². The summed E-state index contributed by atoms with van der Waals surface area (Å²) in [6.07, 6.45) is 9.61. The van der Waals surface area contributed by atoms with Crippen LogP contribution in [0.2, 0.25) is 0 Å². The van der Waals surface area contributed by atoms with Crippen LogP contribution < -0.4 is 5.73 Å². The molecule has 0 radical (unpaired) electrons. The number of nitrogens with one attached hydrogen (secondary N) is 1. The summed E-state index contributed by atoms with van der Waals surface area (Å²) in [6.45, 7) is 0. The number of benzene rings is 1. The van der Waals surface area contributed by atoms with Crippen LogP contribution in [-0.4, -0.2) is 19.9 Å². The number of aromatic amines is 1. The maximum absolute atomic E-state index is 5.97. The zero-order valence-electron chi connectivity index (χ0n) is 12.3. The van der Waals surface area contributed by atoms with Gasteiger partial charge in [0.25, 0.3) is 0 Å². The molecule has 23 heavy (non-hydrogen) atoms. The summed E-state index contributed by atoms with van der Waals surface area (Å²) in [5.41, 5.74) is 9.42. The fourth-order valence-electron chi connectivity index (χ4n) is 2.69. The summed E-state index contributed by atoms with van der Waals surface area (Å²) in [4.78, 5) is 16.0. The highest BCUT2D eigenvalue weighted by molar-refractivity contribution is 5.80. The van der Waals surface area contributed by atoms with Crippen LogP contribution in [0.1, 0.15) is 23.1 Å². The first-order valence-corrected chi connectivity index (χ1v) is 7.33. The number of imidazole rings is 1. The van der Waals surface area contributed by atoms with Crippen molar-refractivity contribution in [1.29, 1.82) is 0 Å². The normalized spacial score (nSPS) is 16.6. The first kappa shape index (κ1) is 13.5. The second-order valence-electron chi connectivity index (χ2n) is 5.27. The number of rotatable bonds is 3. The molecule has 6 heteroatoms. The van der Waals surface area contributed by atoms with Gasteiger partial charge in [0.2, 0.25) is 0 Å². The Morgan fingerprint density at radius 2 is 2.09 bits per heavy atom. The van der Waals surface area contributed by atoms with Crippen molar-refractivity contribution in [2.75, 3.05) is 5.73 Å². The molecule has 4 rings (SSSR count). The third-order valence-electron chi connectivity index (χ3n) is 3.77. The van der Waals surface area contributed by atoms with E-state index >= 15 is 0 Å². The van der Waals surface area contributed by atoms with Crippen molar-refractivity contribution >= 4 is 17.0 Å². The number of nitrogens with zero attached hydrogens (tertiary/aromatic N) is 3. The minimum atomic E-state index is -0.0948. The highest BCUT2D eigenvalue weighted by atomic mass is 16.5. The van der Waals surface area contributed by atoms with Gasteiger partial charge >= 0.3 is 0 Å². The molecule has 0 saturated carbocycles. The highest BCUT2D eigenvalue weighted by Gasteiger charge is 2.16. The molecule has 1 atom stereocenters. The molecule has 1 unspecified atom stereocenters. The maximum Gasteiger partial charge on any atom is 0.183 e. The minimum absolute atomic E-state index is 0.0948. The Bertz CT molecular complexity index is 912. The summed E-state index contributed by atoms with van der Waals surface area (Å²) >= 11 is 0. The van der Waals surface area contributed by atoms with Gasteiger partial charge in [0.1, 0.15) is 17.4 Å². The van der Waals surface area contributed by atoms with Crippen molar-refractivity contribution in [3.63, 3.8) is 0 Å². The van der Waals surface area contributed by atoms with Gasteiger partial charge in [0.15, 0.2) is 11.5 Å². The van der Waals surface area contributed by atoms with Crippen LogP contribution in [0.5, 0.6) is 0 Å². The Labute approximate surface area is 132 Å². The average molecular weight is 305 g/mol. The van der Waals surface area contributed by atoms with Gasteiger partial charge in [0, 0.05) is 6.42 Å². The van der Waals surface area contributed by atoms with E-state index in [4.69, 9.17) is 10.5 Å². The predicted octanol–water partition coefficient (Wildman–Crippen LogP) is 2.67. The monoisotopic (exact) mass is 305 g/mol. The Hall–Kier alpha value is -3.15. The lowest BCUT2D eigenvalue weighted by Gasteiger charge is -2.18. The second-order valence-corrected chi connectivity index (χ2v) is 5.27. The molecule has 0 spiro atoms.